The van der Waals surface area contributed by atoms with Crippen molar-refractivity contribution in [1.82, 2.24) is 19.9 Å². The van der Waals surface area contributed by atoms with Crippen LogP contribution in [-0.2, 0) is 9.53 Å². The Morgan fingerprint density at radius 1 is 1.67 bits per heavy atom. The van der Waals surface area contributed by atoms with E-state index in [9.17, 15) is 4.79 Å². The molecule has 0 radical (unpaired) electrons. The van der Waals surface area contributed by atoms with Crippen molar-refractivity contribution >= 4 is 28.9 Å². The molecule has 6 nitrogen and oxygen atoms in total. The third kappa shape index (κ3) is 2.24. The average molecular weight is 224 g/mol. The summed E-state index contributed by atoms with van der Waals surface area (Å²) in [5.74, 6) is -0.0597. The summed E-state index contributed by atoms with van der Waals surface area (Å²) in [7, 11) is 1.35. The van der Waals surface area contributed by atoms with Crippen molar-refractivity contribution in [2.75, 3.05) is 12.9 Å². The first-order chi connectivity index (χ1) is 7.29. The van der Waals surface area contributed by atoms with Gasteiger partial charge in [0.15, 0.2) is 10.8 Å². The number of H-pyrrole nitrogens is 1. The lowest BCUT2D eigenvalue weighted by molar-refractivity contribution is -0.137. The van der Waals surface area contributed by atoms with Crippen molar-refractivity contribution in [2.24, 2.45) is 0 Å². The second-order valence-electron chi connectivity index (χ2n) is 2.67. The van der Waals surface area contributed by atoms with E-state index in [-0.39, 0.29) is 11.7 Å². The molecule has 0 saturated carbocycles. The van der Waals surface area contributed by atoms with Crippen LogP contribution in [0.1, 0.15) is 0 Å². The van der Waals surface area contributed by atoms with E-state index in [0.29, 0.717) is 10.8 Å². The van der Waals surface area contributed by atoms with Crippen LogP contribution in [0.15, 0.2) is 17.7 Å². The summed E-state index contributed by atoms with van der Waals surface area (Å²) in [5.41, 5.74) is 1.35. The number of aromatic nitrogens is 4. The molecule has 0 aromatic carbocycles. The van der Waals surface area contributed by atoms with Crippen molar-refractivity contribution in [3.8, 4) is 0 Å². The zero-order chi connectivity index (χ0) is 10.7. The van der Waals surface area contributed by atoms with Crippen LogP contribution in [0.3, 0.4) is 0 Å². The van der Waals surface area contributed by atoms with E-state index in [1.54, 1.807) is 6.20 Å². The summed E-state index contributed by atoms with van der Waals surface area (Å²) in [4.78, 5) is 25.9. The highest BCUT2D eigenvalue weighted by atomic mass is 32.2. The van der Waals surface area contributed by atoms with E-state index in [4.69, 9.17) is 0 Å². The number of imidazole rings is 1. The van der Waals surface area contributed by atoms with Crippen molar-refractivity contribution in [1.29, 1.82) is 0 Å². The van der Waals surface area contributed by atoms with Crippen LogP contribution in [0.2, 0.25) is 0 Å². The highest BCUT2D eigenvalue weighted by molar-refractivity contribution is 7.99. The van der Waals surface area contributed by atoms with Crippen LogP contribution >= 0.6 is 11.8 Å². The largest absolute Gasteiger partial charge is 0.468 e. The van der Waals surface area contributed by atoms with E-state index in [2.05, 4.69) is 24.7 Å². The predicted molar refractivity (Wildman–Crippen MR) is 54.4 cm³/mol. The molecule has 15 heavy (non-hydrogen) atoms. The maximum atomic E-state index is 10.9. The van der Waals surface area contributed by atoms with E-state index >= 15 is 0 Å². The van der Waals surface area contributed by atoms with Gasteiger partial charge in [-0.1, -0.05) is 11.8 Å². The number of nitrogens with zero attached hydrogens (tertiary/aromatic N) is 3. The summed E-state index contributed by atoms with van der Waals surface area (Å²) in [6.45, 7) is 0. The normalized spacial score (nSPS) is 10.5. The van der Waals surface area contributed by atoms with Gasteiger partial charge in [0.25, 0.3) is 0 Å². The molecule has 2 aromatic heterocycles. The molecule has 0 aliphatic carbocycles. The van der Waals surface area contributed by atoms with Gasteiger partial charge in [0.1, 0.15) is 11.8 Å². The van der Waals surface area contributed by atoms with Crippen LogP contribution in [0.5, 0.6) is 0 Å². The molecule has 0 aliphatic rings. The number of nitrogens with one attached hydrogen (secondary N) is 1. The summed E-state index contributed by atoms with van der Waals surface area (Å²) < 4.78 is 4.52. The fourth-order valence-electron chi connectivity index (χ4n) is 0.994. The number of carbonyl (C=O) groups is 1. The van der Waals surface area contributed by atoms with Crippen LogP contribution in [0, 0.1) is 0 Å². The fourth-order valence-corrected chi connectivity index (χ4v) is 1.70. The van der Waals surface area contributed by atoms with Gasteiger partial charge in [0.05, 0.1) is 19.1 Å². The number of thioether (sulfide) groups is 1. The van der Waals surface area contributed by atoms with Crippen LogP contribution in [-0.4, -0.2) is 38.8 Å². The zero-order valence-electron chi connectivity index (χ0n) is 7.93. The molecule has 0 amide bonds. The molecule has 2 aromatic rings. The van der Waals surface area contributed by atoms with Gasteiger partial charge in [0, 0.05) is 0 Å². The first-order valence-corrected chi connectivity index (χ1v) is 5.13. The van der Waals surface area contributed by atoms with Gasteiger partial charge in [0.2, 0.25) is 0 Å². The molecule has 1 N–H and O–H groups in total. The maximum absolute atomic E-state index is 10.9. The van der Waals surface area contributed by atoms with Crippen LogP contribution in [0.4, 0.5) is 0 Å². The maximum Gasteiger partial charge on any atom is 0.316 e. The molecule has 2 heterocycles. The SMILES string of the molecule is COC(=O)CSc1nc2ncncc2[nH]1. The third-order valence-electron chi connectivity index (χ3n) is 1.69. The second kappa shape index (κ2) is 4.26. The summed E-state index contributed by atoms with van der Waals surface area (Å²) in [6, 6.07) is 0. The predicted octanol–water partition coefficient (Wildman–Crippen LogP) is 0.618. The molecule has 0 spiro atoms. The molecule has 0 saturated heterocycles. The minimum Gasteiger partial charge on any atom is -0.468 e. The Kier molecular flexibility index (Phi) is 2.82. The first kappa shape index (κ1) is 9.91. The third-order valence-corrected chi connectivity index (χ3v) is 2.54. The summed E-state index contributed by atoms with van der Waals surface area (Å²) in [6.07, 6.45) is 3.06. The lowest BCUT2D eigenvalue weighted by Gasteiger charge is -1.94. The number of ether oxygens (including phenoxy) is 1. The molecule has 0 atom stereocenters. The Labute approximate surface area is 89.5 Å². The molecule has 7 heteroatoms. The Balaban J connectivity index is 2.12. The number of esters is 1. The van der Waals surface area contributed by atoms with Gasteiger partial charge in [-0.15, -0.1) is 0 Å². The standard InChI is InChI=1S/C8H8N4O2S/c1-14-6(13)3-15-8-11-5-2-9-4-10-7(5)12-8/h2,4H,3H2,1H3,(H,9,10,11,12). The molecule has 2 rings (SSSR count). The Bertz CT molecular complexity index is 451. The van der Waals surface area contributed by atoms with Gasteiger partial charge in [-0.05, 0) is 0 Å². The number of hydrogen-bond donors (Lipinski definition) is 1. The molecular weight excluding hydrogens is 216 g/mol. The van der Waals surface area contributed by atoms with Crippen molar-refractivity contribution < 1.29 is 9.53 Å². The van der Waals surface area contributed by atoms with E-state index in [0.717, 1.165) is 5.52 Å². The number of aromatic amines is 1. The summed E-state index contributed by atoms with van der Waals surface area (Å²) >= 11 is 1.27. The minimum atomic E-state index is -0.286. The van der Waals surface area contributed by atoms with E-state index < -0.39 is 0 Å². The van der Waals surface area contributed by atoms with Gasteiger partial charge in [-0.3, -0.25) is 4.79 Å². The van der Waals surface area contributed by atoms with Crippen molar-refractivity contribution in [2.45, 2.75) is 5.16 Å². The Hall–Kier alpha value is -1.63. The second-order valence-corrected chi connectivity index (χ2v) is 3.63. The van der Waals surface area contributed by atoms with Gasteiger partial charge in [-0.25, -0.2) is 15.0 Å². The van der Waals surface area contributed by atoms with Gasteiger partial charge >= 0.3 is 5.97 Å². The minimum absolute atomic E-state index is 0.226. The summed E-state index contributed by atoms with van der Waals surface area (Å²) in [5, 5.41) is 0.635. The topological polar surface area (TPSA) is 80.8 Å². The Morgan fingerprint density at radius 2 is 2.53 bits per heavy atom. The molecular formula is C8H8N4O2S. The number of rotatable bonds is 3. The zero-order valence-corrected chi connectivity index (χ0v) is 8.74. The number of methoxy groups -OCH3 is 1. The smallest absolute Gasteiger partial charge is 0.316 e. The van der Waals surface area contributed by atoms with Crippen molar-refractivity contribution in [3.63, 3.8) is 0 Å². The fraction of sp³-hybridized carbons (Fsp3) is 0.250. The quantitative estimate of drug-likeness (QED) is 0.608. The molecule has 0 aliphatic heterocycles. The number of hydrogen-bond acceptors (Lipinski definition) is 6. The molecule has 0 fully saturated rings. The monoisotopic (exact) mass is 224 g/mol. The Morgan fingerprint density at radius 3 is 3.27 bits per heavy atom. The molecule has 0 bridgehead atoms. The lowest BCUT2D eigenvalue weighted by Crippen LogP contribution is -2.02. The van der Waals surface area contributed by atoms with Gasteiger partial charge in [-0.2, -0.15) is 0 Å². The number of fused-ring (bicyclic) bond motifs is 1. The average Bonchev–Trinajstić information content (AvgIpc) is 2.68. The highest BCUT2D eigenvalue weighted by Crippen LogP contribution is 2.16. The lowest BCUT2D eigenvalue weighted by atomic mass is 10.6. The van der Waals surface area contributed by atoms with Crippen LogP contribution < -0.4 is 0 Å². The van der Waals surface area contributed by atoms with Crippen LogP contribution in [0.25, 0.3) is 11.2 Å². The first-order valence-electron chi connectivity index (χ1n) is 4.15. The number of carbonyl (C=O) groups excluding carboxylic acids is 1. The van der Waals surface area contributed by atoms with Gasteiger partial charge < -0.3 is 9.72 Å². The van der Waals surface area contributed by atoms with Crippen molar-refractivity contribution in [3.05, 3.63) is 12.5 Å². The van der Waals surface area contributed by atoms with E-state index in [1.807, 2.05) is 0 Å². The molecule has 0 unspecified atom stereocenters. The highest BCUT2D eigenvalue weighted by Gasteiger charge is 2.06. The van der Waals surface area contributed by atoms with E-state index in [1.165, 1.54) is 25.2 Å². The molecule has 78 valence electrons.